The Morgan fingerprint density at radius 1 is 1.23 bits per heavy atom. The first-order chi connectivity index (χ1) is 10.2. The van der Waals surface area contributed by atoms with Gasteiger partial charge < -0.3 is 14.8 Å². The van der Waals surface area contributed by atoms with Gasteiger partial charge in [0.1, 0.15) is 11.6 Å². The fourth-order valence-corrected chi connectivity index (χ4v) is 2.83. The molecule has 6 nitrogen and oxygen atoms in total. The zero-order valence-electron chi connectivity index (χ0n) is 14.2. The zero-order chi connectivity index (χ0) is 16.5. The molecule has 3 atom stereocenters. The highest BCUT2D eigenvalue weighted by Gasteiger charge is 2.42. The van der Waals surface area contributed by atoms with E-state index < -0.39 is 17.7 Å². The molecular formula is C16H28N2O4. The van der Waals surface area contributed by atoms with E-state index in [1.54, 1.807) is 7.11 Å². The van der Waals surface area contributed by atoms with Crippen LogP contribution in [0.25, 0.3) is 0 Å². The van der Waals surface area contributed by atoms with Crippen LogP contribution < -0.4 is 5.32 Å². The Morgan fingerprint density at radius 3 is 2.27 bits per heavy atom. The van der Waals surface area contributed by atoms with Crippen LogP contribution in [0.5, 0.6) is 0 Å². The van der Waals surface area contributed by atoms with E-state index in [0.717, 1.165) is 12.8 Å². The van der Waals surface area contributed by atoms with Gasteiger partial charge in [-0.15, -0.1) is 0 Å². The summed E-state index contributed by atoms with van der Waals surface area (Å²) < 4.78 is 10.8. The standard InChI is InChI=1S/C16H28N2O4/c1-10(13(21-5)11-6-7-11)17-14(19)12-8-9-18(12)15(20)22-16(2,3)4/h10-13H,6-9H2,1-5H3,(H,17,19)/t10?,12-,13?/m1/s1. The highest BCUT2D eigenvalue weighted by Crippen LogP contribution is 2.35. The molecule has 1 saturated heterocycles. The van der Waals surface area contributed by atoms with Gasteiger partial charge >= 0.3 is 6.09 Å². The third-order valence-electron chi connectivity index (χ3n) is 4.17. The molecule has 0 aromatic heterocycles. The summed E-state index contributed by atoms with van der Waals surface area (Å²) in [5, 5.41) is 2.99. The van der Waals surface area contributed by atoms with Crippen LogP contribution >= 0.6 is 0 Å². The number of nitrogens with zero attached hydrogens (tertiary/aromatic N) is 1. The van der Waals surface area contributed by atoms with Gasteiger partial charge in [-0.25, -0.2) is 4.79 Å². The molecule has 2 fully saturated rings. The van der Waals surface area contributed by atoms with Crippen LogP contribution in [-0.4, -0.2) is 54.3 Å². The van der Waals surface area contributed by atoms with Crippen molar-refractivity contribution in [2.75, 3.05) is 13.7 Å². The minimum Gasteiger partial charge on any atom is -0.444 e. The molecule has 2 amide bonds. The Balaban J connectivity index is 1.85. The van der Waals surface area contributed by atoms with Crippen LogP contribution in [0.1, 0.15) is 47.0 Å². The van der Waals surface area contributed by atoms with Crippen molar-refractivity contribution in [3.05, 3.63) is 0 Å². The molecule has 0 radical (unpaired) electrons. The van der Waals surface area contributed by atoms with Gasteiger partial charge in [-0.1, -0.05) is 0 Å². The fraction of sp³-hybridized carbons (Fsp3) is 0.875. The smallest absolute Gasteiger partial charge is 0.410 e. The molecule has 0 aromatic carbocycles. The average molecular weight is 312 g/mol. The van der Waals surface area contributed by atoms with Gasteiger partial charge in [0.2, 0.25) is 5.91 Å². The molecular weight excluding hydrogens is 284 g/mol. The Hall–Kier alpha value is -1.30. The Kier molecular flexibility index (Phi) is 5.00. The van der Waals surface area contributed by atoms with E-state index in [-0.39, 0.29) is 18.1 Å². The number of carbonyl (C=O) groups is 2. The van der Waals surface area contributed by atoms with Crippen LogP contribution in [0, 0.1) is 5.92 Å². The van der Waals surface area contributed by atoms with Gasteiger partial charge in [-0.05, 0) is 52.9 Å². The molecule has 0 aromatic rings. The number of amides is 2. The average Bonchev–Trinajstić information content (AvgIpc) is 3.09. The third kappa shape index (κ3) is 4.12. The number of methoxy groups -OCH3 is 1. The normalized spacial score (nSPS) is 24.2. The van der Waals surface area contributed by atoms with E-state index in [9.17, 15) is 9.59 Å². The first-order valence-electron chi connectivity index (χ1n) is 8.05. The number of ether oxygens (including phenoxy) is 2. The number of rotatable bonds is 5. The van der Waals surface area contributed by atoms with Crippen molar-refractivity contribution in [2.24, 2.45) is 5.92 Å². The molecule has 0 bridgehead atoms. The van der Waals surface area contributed by atoms with Crippen molar-refractivity contribution < 1.29 is 19.1 Å². The van der Waals surface area contributed by atoms with Crippen molar-refractivity contribution in [1.29, 1.82) is 0 Å². The van der Waals surface area contributed by atoms with Gasteiger partial charge in [0, 0.05) is 13.7 Å². The molecule has 126 valence electrons. The van der Waals surface area contributed by atoms with Crippen LogP contribution in [0.15, 0.2) is 0 Å². The number of carbonyl (C=O) groups excluding carboxylic acids is 2. The maximum atomic E-state index is 12.4. The number of nitrogens with one attached hydrogen (secondary N) is 1. The quantitative estimate of drug-likeness (QED) is 0.842. The molecule has 22 heavy (non-hydrogen) atoms. The molecule has 2 rings (SSSR count). The van der Waals surface area contributed by atoms with E-state index in [2.05, 4.69) is 5.32 Å². The molecule has 1 aliphatic heterocycles. The predicted octanol–water partition coefficient (Wildman–Crippen LogP) is 1.93. The molecule has 1 aliphatic carbocycles. The summed E-state index contributed by atoms with van der Waals surface area (Å²) in [6.45, 7) is 7.99. The summed E-state index contributed by atoms with van der Waals surface area (Å²) in [5.41, 5.74) is -0.548. The van der Waals surface area contributed by atoms with Gasteiger partial charge in [0.15, 0.2) is 0 Å². The van der Waals surface area contributed by atoms with Crippen LogP contribution in [-0.2, 0) is 14.3 Å². The largest absolute Gasteiger partial charge is 0.444 e. The second-order valence-electron chi connectivity index (χ2n) is 7.31. The lowest BCUT2D eigenvalue weighted by Gasteiger charge is -2.40. The van der Waals surface area contributed by atoms with Gasteiger partial charge in [-0.2, -0.15) is 0 Å². The first kappa shape index (κ1) is 17.1. The van der Waals surface area contributed by atoms with Gasteiger partial charge in [0.25, 0.3) is 0 Å². The van der Waals surface area contributed by atoms with Crippen molar-refractivity contribution in [2.45, 2.75) is 70.7 Å². The summed E-state index contributed by atoms with van der Waals surface area (Å²) in [5.74, 6) is 0.427. The number of hydrogen-bond donors (Lipinski definition) is 1. The molecule has 0 spiro atoms. The van der Waals surface area contributed by atoms with Crippen LogP contribution in [0.4, 0.5) is 4.79 Å². The highest BCUT2D eigenvalue weighted by molar-refractivity contribution is 5.87. The molecule has 2 unspecified atom stereocenters. The van der Waals surface area contributed by atoms with Crippen LogP contribution in [0.3, 0.4) is 0 Å². The SMILES string of the molecule is COC(C1CC1)C(C)NC(=O)[C@H]1CCN1C(=O)OC(C)(C)C. The highest BCUT2D eigenvalue weighted by atomic mass is 16.6. The lowest BCUT2D eigenvalue weighted by molar-refractivity contribution is -0.132. The van der Waals surface area contributed by atoms with Crippen molar-refractivity contribution in [3.8, 4) is 0 Å². The maximum absolute atomic E-state index is 12.4. The molecule has 1 heterocycles. The summed E-state index contributed by atoms with van der Waals surface area (Å²) >= 11 is 0. The first-order valence-corrected chi connectivity index (χ1v) is 8.05. The topological polar surface area (TPSA) is 67.9 Å². The lowest BCUT2D eigenvalue weighted by Crippen LogP contribution is -2.61. The van der Waals surface area contributed by atoms with Crippen LogP contribution in [0.2, 0.25) is 0 Å². The predicted molar refractivity (Wildman–Crippen MR) is 82.5 cm³/mol. The lowest BCUT2D eigenvalue weighted by atomic mass is 10.0. The monoisotopic (exact) mass is 312 g/mol. The summed E-state index contributed by atoms with van der Waals surface area (Å²) in [7, 11) is 1.68. The van der Waals surface area contributed by atoms with Crippen molar-refractivity contribution in [1.82, 2.24) is 10.2 Å². The summed E-state index contributed by atoms with van der Waals surface area (Å²) in [4.78, 5) is 25.9. The van der Waals surface area contributed by atoms with E-state index in [0.29, 0.717) is 18.9 Å². The Bertz CT molecular complexity index is 428. The molecule has 1 saturated carbocycles. The maximum Gasteiger partial charge on any atom is 0.410 e. The minimum absolute atomic E-state index is 0.0499. The second-order valence-corrected chi connectivity index (χ2v) is 7.31. The third-order valence-corrected chi connectivity index (χ3v) is 4.17. The fourth-order valence-electron chi connectivity index (χ4n) is 2.83. The molecule has 1 N–H and O–H groups in total. The molecule has 6 heteroatoms. The van der Waals surface area contributed by atoms with E-state index >= 15 is 0 Å². The molecule has 2 aliphatic rings. The second kappa shape index (κ2) is 6.44. The zero-order valence-corrected chi connectivity index (χ0v) is 14.2. The van der Waals surface area contributed by atoms with Gasteiger partial charge in [0.05, 0.1) is 12.1 Å². The minimum atomic E-state index is -0.548. The van der Waals surface area contributed by atoms with E-state index in [1.807, 2.05) is 27.7 Å². The van der Waals surface area contributed by atoms with Gasteiger partial charge in [-0.3, -0.25) is 9.69 Å². The number of likely N-dealkylation sites (tertiary alicyclic amines) is 1. The summed E-state index contributed by atoms with van der Waals surface area (Å²) in [6.07, 6.45) is 2.63. The Labute approximate surface area is 132 Å². The van der Waals surface area contributed by atoms with Crippen molar-refractivity contribution in [3.63, 3.8) is 0 Å². The van der Waals surface area contributed by atoms with E-state index in [1.165, 1.54) is 4.90 Å². The van der Waals surface area contributed by atoms with Crippen molar-refractivity contribution >= 4 is 12.0 Å². The summed E-state index contributed by atoms with van der Waals surface area (Å²) in [6, 6.07) is -0.472. The Morgan fingerprint density at radius 2 is 1.86 bits per heavy atom. The van der Waals surface area contributed by atoms with E-state index in [4.69, 9.17) is 9.47 Å². The number of hydrogen-bond acceptors (Lipinski definition) is 4.